The van der Waals surface area contributed by atoms with Gasteiger partial charge in [-0.25, -0.2) is 0 Å². The van der Waals surface area contributed by atoms with Gasteiger partial charge < -0.3 is 9.05 Å². The molecule has 0 spiro atoms. The minimum Gasteiger partial charge on any atom is -0.309 e. The Morgan fingerprint density at radius 3 is 2.00 bits per heavy atom. The van der Waals surface area contributed by atoms with Gasteiger partial charge in [-0.15, -0.1) is 0 Å². The zero-order chi connectivity index (χ0) is 12.3. The number of hydrogen-bond acceptors (Lipinski definition) is 3. The van der Waals surface area contributed by atoms with E-state index in [1.165, 1.54) is 11.1 Å². The van der Waals surface area contributed by atoms with Crippen molar-refractivity contribution in [2.24, 2.45) is 0 Å². The summed E-state index contributed by atoms with van der Waals surface area (Å²) in [4.78, 5) is 0. The summed E-state index contributed by atoms with van der Waals surface area (Å²) in [5, 5.41) is 0. The van der Waals surface area contributed by atoms with Crippen molar-refractivity contribution < 1.29 is 13.6 Å². The third-order valence-electron chi connectivity index (χ3n) is 3.09. The second-order valence-corrected chi connectivity index (χ2v) is 6.53. The average molecular weight is 254 g/mol. The predicted molar refractivity (Wildman–Crippen MR) is 68.5 cm³/mol. The molecule has 2 rings (SSSR count). The summed E-state index contributed by atoms with van der Waals surface area (Å²) in [5.74, 6) is 0. The van der Waals surface area contributed by atoms with Gasteiger partial charge in [0.25, 0.3) is 0 Å². The van der Waals surface area contributed by atoms with Gasteiger partial charge in [-0.3, -0.25) is 4.57 Å². The largest absolute Gasteiger partial charge is 0.334 e. The molecule has 17 heavy (non-hydrogen) atoms. The van der Waals surface area contributed by atoms with Crippen molar-refractivity contribution in [1.29, 1.82) is 0 Å². The quantitative estimate of drug-likeness (QED) is 0.755. The van der Waals surface area contributed by atoms with Gasteiger partial charge >= 0.3 is 7.60 Å². The smallest absolute Gasteiger partial charge is 0.309 e. The third kappa shape index (κ3) is 2.62. The second kappa shape index (κ2) is 5.34. The van der Waals surface area contributed by atoms with E-state index in [-0.39, 0.29) is 5.66 Å². The fourth-order valence-electron chi connectivity index (χ4n) is 2.37. The zero-order valence-corrected chi connectivity index (χ0v) is 11.3. The molecule has 0 radical (unpaired) electrons. The van der Waals surface area contributed by atoms with Crippen molar-refractivity contribution in [3.63, 3.8) is 0 Å². The summed E-state index contributed by atoms with van der Waals surface area (Å²) in [7, 11) is -2.95. The molecule has 1 aliphatic rings. The SMILES string of the molecule is CCOP(=O)(OCC)C1Cc2ccccc2C1. The lowest BCUT2D eigenvalue weighted by Gasteiger charge is -2.22. The van der Waals surface area contributed by atoms with E-state index in [0.29, 0.717) is 13.2 Å². The Balaban J connectivity index is 2.17. The summed E-state index contributed by atoms with van der Waals surface area (Å²) >= 11 is 0. The molecule has 0 N–H and O–H groups in total. The maximum Gasteiger partial charge on any atom is 0.334 e. The molecule has 0 saturated carbocycles. The van der Waals surface area contributed by atoms with E-state index in [9.17, 15) is 4.57 Å². The van der Waals surface area contributed by atoms with Crippen LogP contribution in [0, 0.1) is 0 Å². The highest BCUT2D eigenvalue weighted by Crippen LogP contribution is 2.56. The molecule has 0 atom stereocenters. The minimum absolute atomic E-state index is 0.0141. The van der Waals surface area contributed by atoms with Gasteiger partial charge in [-0.05, 0) is 37.8 Å². The van der Waals surface area contributed by atoms with Crippen molar-refractivity contribution in [2.75, 3.05) is 13.2 Å². The fraction of sp³-hybridized carbons (Fsp3) is 0.538. The monoisotopic (exact) mass is 254 g/mol. The Morgan fingerprint density at radius 1 is 1.12 bits per heavy atom. The highest BCUT2D eigenvalue weighted by atomic mass is 31.2. The molecule has 0 fully saturated rings. The van der Waals surface area contributed by atoms with Crippen LogP contribution in [0.25, 0.3) is 0 Å². The summed E-state index contributed by atoms with van der Waals surface area (Å²) in [6.07, 6.45) is 1.60. The van der Waals surface area contributed by atoms with E-state index in [4.69, 9.17) is 9.05 Å². The Kier molecular flexibility index (Phi) is 4.03. The van der Waals surface area contributed by atoms with Crippen molar-refractivity contribution in [1.82, 2.24) is 0 Å². The number of benzene rings is 1. The third-order valence-corrected chi connectivity index (χ3v) is 5.59. The molecule has 0 aliphatic heterocycles. The first kappa shape index (κ1) is 12.8. The van der Waals surface area contributed by atoms with Gasteiger partial charge in [-0.1, -0.05) is 24.3 Å². The number of fused-ring (bicyclic) bond motifs is 1. The van der Waals surface area contributed by atoms with Crippen LogP contribution in [0.3, 0.4) is 0 Å². The van der Waals surface area contributed by atoms with E-state index < -0.39 is 7.60 Å². The standard InChI is InChI=1S/C13H19O3P/c1-3-15-17(14,16-4-2)13-9-11-7-5-6-8-12(11)10-13/h5-8,13H,3-4,9-10H2,1-2H3. The van der Waals surface area contributed by atoms with E-state index in [0.717, 1.165) is 12.8 Å². The topological polar surface area (TPSA) is 35.5 Å². The molecule has 4 heteroatoms. The van der Waals surface area contributed by atoms with Crippen LogP contribution in [0.1, 0.15) is 25.0 Å². The number of rotatable bonds is 5. The lowest BCUT2D eigenvalue weighted by atomic mass is 10.1. The molecular formula is C13H19O3P. The highest BCUT2D eigenvalue weighted by molar-refractivity contribution is 7.54. The normalized spacial score (nSPS) is 16.1. The Labute approximate surface area is 103 Å². The molecule has 94 valence electrons. The molecule has 0 heterocycles. The lowest BCUT2D eigenvalue weighted by molar-refractivity contribution is 0.212. The van der Waals surface area contributed by atoms with Gasteiger partial charge in [0.15, 0.2) is 0 Å². The van der Waals surface area contributed by atoms with Gasteiger partial charge in [0.05, 0.1) is 18.9 Å². The van der Waals surface area contributed by atoms with Crippen LogP contribution in [0.2, 0.25) is 0 Å². The Morgan fingerprint density at radius 2 is 1.59 bits per heavy atom. The first-order valence-electron chi connectivity index (χ1n) is 6.15. The summed E-state index contributed by atoms with van der Waals surface area (Å²) in [6, 6.07) is 8.23. The van der Waals surface area contributed by atoms with Crippen LogP contribution in [0.15, 0.2) is 24.3 Å². The van der Waals surface area contributed by atoms with Crippen LogP contribution in [-0.2, 0) is 26.5 Å². The van der Waals surface area contributed by atoms with E-state index in [1.54, 1.807) is 0 Å². The fourth-order valence-corrected chi connectivity index (χ4v) is 4.42. The van der Waals surface area contributed by atoms with Crippen LogP contribution in [0.4, 0.5) is 0 Å². The van der Waals surface area contributed by atoms with E-state index in [2.05, 4.69) is 12.1 Å². The Hall–Kier alpha value is -0.630. The highest BCUT2D eigenvalue weighted by Gasteiger charge is 2.39. The molecule has 1 aromatic carbocycles. The average Bonchev–Trinajstić information content (AvgIpc) is 2.74. The maximum absolute atomic E-state index is 12.6. The summed E-state index contributed by atoms with van der Waals surface area (Å²) in [6.45, 7) is 4.58. The van der Waals surface area contributed by atoms with Gasteiger partial charge in [-0.2, -0.15) is 0 Å². The van der Waals surface area contributed by atoms with Crippen molar-refractivity contribution in [3.8, 4) is 0 Å². The molecule has 0 bridgehead atoms. The minimum atomic E-state index is -2.95. The molecule has 0 amide bonds. The Bertz CT molecular complexity index is 395. The summed E-state index contributed by atoms with van der Waals surface area (Å²) < 4.78 is 23.5. The molecule has 1 aliphatic carbocycles. The van der Waals surface area contributed by atoms with Crippen LogP contribution in [-0.4, -0.2) is 18.9 Å². The lowest BCUT2D eigenvalue weighted by Crippen LogP contribution is -2.13. The maximum atomic E-state index is 12.6. The van der Waals surface area contributed by atoms with Crippen molar-refractivity contribution in [2.45, 2.75) is 32.3 Å². The second-order valence-electron chi connectivity index (χ2n) is 4.21. The van der Waals surface area contributed by atoms with E-state index in [1.807, 2.05) is 26.0 Å². The molecular weight excluding hydrogens is 235 g/mol. The molecule has 0 saturated heterocycles. The first-order chi connectivity index (χ1) is 8.19. The molecule has 0 unspecified atom stereocenters. The van der Waals surface area contributed by atoms with Crippen molar-refractivity contribution >= 4 is 7.60 Å². The molecule has 3 nitrogen and oxygen atoms in total. The van der Waals surface area contributed by atoms with Crippen LogP contribution < -0.4 is 0 Å². The van der Waals surface area contributed by atoms with E-state index >= 15 is 0 Å². The van der Waals surface area contributed by atoms with Crippen LogP contribution >= 0.6 is 7.60 Å². The van der Waals surface area contributed by atoms with Crippen LogP contribution in [0.5, 0.6) is 0 Å². The van der Waals surface area contributed by atoms with Gasteiger partial charge in [0.2, 0.25) is 0 Å². The first-order valence-corrected chi connectivity index (χ1v) is 7.76. The van der Waals surface area contributed by atoms with Gasteiger partial charge in [0.1, 0.15) is 0 Å². The zero-order valence-electron chi connectivity index (χ0n) is 10.4. The van der Waals surface area contributed by atoms with Crippen molar-refractivity contribution in [3.05, 3.63) is 35.4 Å². The predicted octanol–water partition coefficient (Wildman–Crippen LogP) is 3.42. The number of hydrogen-bond donors (Lipinski definition) is 0. The summed E-state index contributed by atoms with van der Waals surface area (Å²) in [5.41, 5.74) is 2.54. The molecule has 0 aromatic heterocycles. The van der Waals surface area contributed by atoms with Gasteiger partial charge in [0, 0.05) is 0 Å². The molecule has 1 aromatic rings.